The SMILES string of the molecule is N#Cc1nc(Cl)c(C(F)F)cc1C(=O)Cl. The molecule has 0 unspecified atom stereocenters. The molecule has 1 heterocycles. The van der Waals surface area contributed by atoms with Crippen LogP contribution in [0, 0.1) is 11.3 Å². The second-order valence-corrected chi connectivity index (χ2v) is 3.15. The van der Waals surface area contributed by atoms with Crippen molar-refractivity contribution in [3.8, 4) is 6.07 Å². The normalized spacial score (nSPS) is 10.1. The number of pyridine rings is 1. The first-order chi connectivity index (χ1) is 6.97. The Labute approximate surface area is 93.2 Å². The van der Waals surface area contributed by atoms with E-state index in [1.807, 2.05) is 0 Å². The number of rotatable bonds is 2. The van der Waals surface area contributed by atoms with Crippen molar-refractivity contribution in [1.82, 2.24) is 4.98 Å². The maximum Gasteiger partial charge on any atom is 0.266 e. The Bertz CT molecular complexity index is 457. The van der Waals surface area contributed by atoms with Gasteiger partial charge in [-0.05, 0) is 17.7 Å². The molecule has 0 saturated carbocycles. The van der Waals surface area contributed by atoms with Crippen LogP contribution in [0.15, 0.2) is 6.07 Å². The Morgan fingerprint density at radius 1 is 1.60 bits per heavy atom. The van der Waals surface area contributed by atoms with Gasteiger partial charge in [0.25, 0.3) is 11.7 Å². The van der Waals surface area contributed by atoms with Crippen molar-refractivity contribution in [3.05, 3.63) is 28.0 Å². The molecule has 78 valence electrons. The monoisotopic (exact) mass is 250 g/mol. The molecule has 0 bridgehead atoms. The predicted octanol–water partition coefficient (Wildman–Crippen LogP) is 2.92. The van der Waals surface area contributed by atoms with Gasteiger partial charge in [0.1, 0.15) is 11.2 Å². The Hall–Kier alpha value is -1.25. The van der Waals surface area contributed by atoms with Gasteiger partial charge in [0, 0.05) is 0 Å². The number of halogens is 4. The molecule has 1 aromatic rings. The van der Waals surface area contributed by atoms with Gasteiger partial charge in [-0.1, -0.05) is 11.6 Å². The molecular weight excluding hydrogens is 249 g/mol. The number of carbonyl (C=O) groups excluding carboxylic acids is 1. The molecule has 3 nitrogen and oxygen atoms in total. The largest absolute Gasteiger partial charge is 0.275 e. The van der Waals surface area contributed by atoms with E-state index in [1.54, 1.807) is 0 Å². The fourth-order valence-electron chi connectivity index (χ4n) is 0.894. The zero-order valence-electron chi connectivity index (χ0n) is 6.97. The highest BCUT2D eigenvalue weighted by molar-refractivity contribution is 6.68. The van der Waals surface area contributed by atoms with E-state index in [0.717, 1.165) is 6.07 Å². The fraction of sp³-hybridized carbons (Fsp3) is 0.125. The van der Waals surface area contributed by atoms with Crippen LogP contribution in [0.1, 0.15) is 28.0 Å². The molecule has 0 atom stereocenters. The Morgan fingerprint density at radius 3 is 2.60 bits per heavy atom. The molecule has 0 saturated heterocycles. The van der Waals surface area contributed by atoms with Gasteiger partial charge >= 0.3 is 0 Å². The van der Waals surface area contributed by atoms with E-state index in [-0.39, 0.29) is 11.3 Å². The zero-order valence-corrected chi connectivity index (χ0v) is 8.48. The topological polar surface area (TPSA) is 53.8 Å². The third kappa shape index (κ3) is 2.41. The van der Waals surface area contributed by atoms with Crippen molar-refractivity contribution in [1.29, 1.82) is 5.26 Å². The molecule has 0 aliphatic rings. The van der Waals surface area contributed by atoms with Crippen LogP contribution < -0.4 is 0 Å². The first-order valence-electron chi connectivity index (χ1n) is 3.56. The van der Waals surface area contributed by atoms with Gasteiger partial charge in [-0.25, -0.2) is 13.8 Å². The van der Waals surface area contributed by atoms with E-state index in [4.69, 9.17) is 28.5 Å². The van der Waals surface area contributed by atoms with Gasteiger partial charge in [-0.15, -0.1) is 0 Å². The summed E-state index contributed by atoms with van der Waals surface area (Å²) in [5.41, 5.74) is -1.37. The maximum absolute atomic E-state index is 12.3. The molecule has 0 aliphatic carbocycles. The molecule has 0 radical (unpaired) electrons. The van der Waals surface area contributed by atoms with E-state index in [1.165, 1.54) is 6.07 Å². The fourth-order valence-corrected chi connectivity index (χ4v) is 1.26. The summed E-state index contributed by atoms with van der Waals surface area (Å²) in [5.74, 6) is 0. The quantitative estimate of drug-likeness (QED) is 0.599. The molecule has 1 rings (SSSR count). The number of aromatic nitrogens is 1. The summed E-state index contributed by atoms with van der Waals surface area (Å²) in [5, 5.41) is 7.01. The van der Waals surface area contributed by atoms with Crippen molar-refractivity contribution in [3.63, 3.8) is 0 Å². The van der Waals surface area contributed by atoms with E-state index in [0.29, 0.717) is 0 Å². The van der Waals surface area contributed by atoms with Crippen molar-refractivity contribution in [2.75, 3.05) is 0 Å². The maximum atomic E-state index is 12.3. The minimum atomic E-state index is -2.88. The number of nitriles is 1. The van der Waals surface area contributed by atoms with Crippen LogP contribution >= 0.6 is 23.2 Å². The second-order valence-electron chi connectivity index (χ2n) is 2.45. The van der Waals surface area contributed by atoms with Gasteiger partial charge in [-0.2, -0.15) is 5.26 Å². The average Bonchev–Trinajstić information content (AvgIpc) is 2.16. The van der Waals surface area contributed by atoms with E-state index < -0.39 is 22.4 Å². The predicted molar refractivity (Wildman–Crippen MR) is 49.1 cm³/mol. The van der Waals surface area contributed by atoms with Crippen LogP contribution in [0.4, 0.5) is 8.78 Å². The smallest absolute Gasteiger partial charge is 0.266 e. The summed E-state index contributed by atoms with van der Waals surface area (Å²) in [7, 11) is 0. The average molecular weight is 251 g/mol. The summed E-state index contributed by atoms with van der Waals surface area (Å²) in [4.78, 5) is 14.2. The molecule has 0 amide bonds. The third-order valence-corrected chi connectivity index (χ3v) is 2.06. The summed E-state index contributed by atoms with van der Waals surface area (Å²) in [6, 6.07) is 2.31. The minimum absolute atomic E-state index is 0.371. The highest BCUT2D eigenvalue weighted by Gasteiger charge is 2.19. The van der Waals surface area contributed by atoms with Crippen LogP contribution in [0.25, 0.3) is 0 Å². The Kier molecular flexibility index (Phi) is 3.56. The van der Waals surface area contributed by atoms with E-state index in [2.05, 4.69) is 4.98 Å². The van der Waals surface area contributed by atoms with E-state index in [9.17, 15) is 13.6 Å². The number of hydrogen-bond donors (Lipinski definition) is 0. The van der Waals surface area contributed by atoms with Crippen LogP contribution in [0.2, 0.25) is 5.15 Å². The number of hydrogen-bond acceptors (Lipinski definition) is 3. The van der Waals surface area contributed by atoms with Crippen LogP contribution in [-0.4, -0.2) is 10.2 Å². The molecule has 0 N–H and O–H groups in total. The lowest BCUT2D eigenvalue weighted by atomic mass is 10.1. The molecule has 15 heavy (non-hydrogen) atoms. The summed E-state index contributed by atoms with van der Waals surface area (Å²) in [6.45, 7) is 0. The van der Waals surface area contributed by atoms with E-state index >= 15 is 0 Å². The summed E-state index contributed by atoms with van der Waals surface area (Å²) >= 11 is 10.5. The van der Waals surface area contributed by atoms with Crippen LogP contribution in [-0.2, 0) is 0 Å². The lowest BCUT2D eigenvalue weighted by Crippen LogP contribution is -2.01. The number of carbonyl (C=O) groups is 1. The first-order valence-corrected chi connectivity index (χ1v) is 4.31. The Morgan fingerprint density at radius 2 is 2.20 bits per heavy atom. The van der Waals surface area contributed by atoms with Crippen molar-refractivity contribution in [2.24, 2.45) is 0 Å². The minimum Gasteiger partial charge on any atom is -0.275 e. The molecule has 1 aromatic heterocycles. The lowest BCUT2D eigenvalue weighted by Gasteiger charge is -2.04. The standard InChI is InChI=1S/C8H2Cl2F2N2O/c9-6-4(8(11)12)1-3(7(10)15)5(2-13)14-6/h1,8H. The van der Waals surface area contributed by atoms with Crippen molar-refractivity contribution >= 4 is 28.4 Å². The molecule has 0 spiro atoms. The van der Waals surface area contributed by atoms with Gasteiger partial charge in [0.15, 0.2) is 5.69 Å². The van der Waals surface area contributed by atoms with Gasteiger partial charge in [0.05, 0.1) is 11.1 Å². The van der Waals surface area contributed by atoms with Crippen LogP contribution in [0.5, 0.6) is 0 Å². The van der Waals surface area contributed by atoms with Crippen molar-refractivity contribution < 1.29 is 13.6 Å². The second kappa shape index (κ2) is 4.51. The van der Waals surface area contributed by atoms with Gasteiger partial charge in [0.2, 0.25) is 0 Å². The summed E-state index contributed by atoms with van der Waals surface area (Å²) < 4.78 is 24.7. The third-order valence-electron chi connectivity index (χ3n) is 1.56. The van der Waals surface area contributed by atoms with Gasteiger partial charge in [-0.3, -0.25) is 4.79 Å². The highest BCUT2D eigenvalue weighted by atomic mass is 35.5. The molecule has 7 heteroatoms. The molecule has 0 aromatic carbocycles. The van der Waals surface area contributed by atoms with Crippen molar-refractivity contribution in [2.45, 2.75) is 6.43 Å². The number of nitrogens with zero attached hydrogens (tertiary/aromatic N) is 2. The number of alkyl halides is 2. The van der Waals surface area contributed by atoms with Crippen LogP contribution in [0.3, 0.4) is 0 Å². The molecule has 0 aliphatic heterocycles. The summed E-state index contributed by atoms with van der Waals surface area (Å²) in [6.07, 6.45) is -2.88. The first kappa shape index (κ1) is 11.8. The van der Waals surface area contributed by atoms with Gasteiger partial charge < -0.3 is 0 Å². The molecule has 0 fully saturated rings. The zero-order chi connectivity index (χ0) is 11.6. The molecular formula is C8H2Cl2F2N2O. The Balaban J connectivity index is 3.45. The lowest BCUT2D eigenvalue weighted by molar-refractivity contribution is 0.108. The highest BCUT2D eigenvalue weighted by Crippen LogP contribution is 2.27.